The summed E-state index contributed by atoms with van der Waals surface area (Å²) >= 11 is 0. The fraction of sp³-hybridized carbons (Fsp3) is 0.727. The summed E-state index contributed by atoms with van der Waals surface area (Å²) in [7, 11) is 0. The van der Waals surface area contributed by atoms with Gasteiger partial charge in [-0.1, -0.05) is 12.1 Å². The van der Waals surface area contributed by atoms with Gasteiger partial charge in [-0.05, 0) is 32.5 Å². The molecule has 94 valence electrons. The molecule has 1 saturated heterocycles. The molecular formula is C11H17N3O3. The molecule has 17 heavy (non-hydrogen) atoms. The van der Waals surface area contributed by atoms with Gasteiger partial charge in [0.15, 0.2) is 5.82 Å². The number of carbonyl (C=O) groups is 1. The summed E-state index contributed by atoms with van der Waals surface area (Å²) in [4.78, 5) is 17.0. The van der Waals surface area contributed by atoms with E-state index < -0.39 is 5.97 Å². The average molecular weight is 239 g/mol. The molecular weight excluding hydrogens is 222 g/mol. The zero-order valence-corrected chi connectivity index (χ0v) is 9.93. The van der Waals surface area contributed by atoms with E-state index in [1.54, 1.807) is 0 Å². The summed E-state index contributed by atoms with van der Waals surface area (Å²) in [5.74, 6) is 0.229. The molecule has 0 saturated carbocycles. The largest absolute Gasteiger partial charge is 0.481 e. The highest BCUT2D eigenvalue weighted by Gasteiger charge is 2.24. The fourth-order valence-corrected chi connectivity index (χ4v) is 2.14. The molecule has 1 aliphatic heterocycles. The highest BCUT2D eigenvalue weighted by Crippen LogP contribution is 2.25. The maximum atomic E-state index is 10.5. The van der Waals surface area contributed by atoms with Crippen molar-refractivity contribution in [2.75, 3.05) is 19.6 Å². The number of nitrogens with zero attached hydrogens (tertiary/aromatic N) is 3. The number of rotatable bonds is 4. The first-order valence-corrected chi connectivity index (χ1v) is 5.95. The van der Waals surface area contributed by atoms with Gasteiger partial charge in [-0.15, -0.1) is 0 Å². The van der Waals surface area contributed by atoms with E-state index in [0.717, 1.165) is 32.5 Å². The molecule has 0 aromatic carbocycles. The Hall–Kier alpha value is -1.43. The first-order valence-electron chi connectivity index (χ1n) is 5.95. The van der Waals surface area contributed by atoms with Crippen LogP contribution in [-0.2, 0) is 11.2 Å². The van der Waals surface area contributed by atoms with E-state index in [2.05, 4.69) is 22.0 Å². The Morgan fingerprint density at radius 1 is 1.53 bits per heavy atom. The van der Waals surface area contributed by atoms with Gasteiger partial charge in [0.05, 0.1) is 0 Å². The summed E-state index contributed by atoms with van der Waals surface area (Å²) < 4.78 is 4.93. The molecule has 0 atom stereocenters. The third-order valence-corrected chi connectivity index (χ3v) is 3.19. The smallest absolute Gasteiger partial charge is 0.312 e. The summed E-state index contributed by atoms with van der Waals surface area (Å²) in [6.07, 6.45) is 1.83. The average Bonchev–Trinajstić information content (AvgIpc) is 2.77. The lowest BCUT2D eigenvalue weighted by Crippen LogP contribution is -2.32. The van der Waals surface area contributed by atoms with Crippen LogP contribution < -0.4 is 0 Å². The molecule has 2 heterocycles. The van der Waals surface area contributed by atoms with E-state index in [4.69, 9.17) is 9.63 Å². The number of aliphatic carboxylic acids is 1. The van der Waals surface area contributed by atoms with Gasteiger partial charge < -0.3 is 14.5 Å². The lowest BCUT2D eigenvalue weighted by Gasteiger charge is -2.29. The number of hydrogen-bond donors (Lipinski definition) is 1. The van der Waals surface area contributed by atoms with E-state index in [-0.39, 0.29) is 12.3 Å². The van der Waals surface area contributed by atoms with Gasteiger partial charge in [0.25, 0.3) is 0 Å². The van der Waals surface area contributed by atoms with Crippen LogP contribution in [0.4, 0.5) is 0 Å². The molecule has 0 amide bonds. The second kappa shape index (κ2) is 5.27. The van der Waals surface area contributed by atoms with Crippen molar-refractivity contribution < 1.29 is 14.4 Å². The molecule has 0 bridgehead atoms. The highest BCUT2D eigenvalue weighted by molar-refractivity contribution is 5.68. The van der Waals surface area contributed by atoms with Crippen molar-refractivity contribution in [3.8, 4) is 0 Å². The first-order chi connectivity index (χ1) is 8.19. The minimum Gasteiger partial charge on any atom is -0.481 e. The number of aromatic nitrogens is 2. The number of hydrogen-bond acceptors (Lipinski definition) is 5. The van der Waals surface area contributed by atoms with Crippen LogP contribution in [0.15, 0.2) is 4.52 Å². The third kappa shape index (κ3) is 3.03. The van der Waals surface area contributed by atoms with Crippen molar-refractivity contribution in [2.45, 2.75) is 32.1 Å². The van der Waals surface area contributed by atoms with Crippen molar-refractivity contribution in [3.05, 3.63) is 11.7 Å². The van der Waals surface area contributed by atoms with E-state index in [0.29, 0.717) is 11.7 Å². The van der Waals surface area contributed by atoms with Crippen LogP contribution in [-0.4, -0.2) is 45.8 Å². The Balaban J connectivity index is 1.94. The molecule has 6 nitrogen and oxygen atoms in total. The predicted molar refractivity (Wildman–Crippen MR) is 59.7 cm³/mol. The number of carboxylic acids is 1. The van der Waals surface area contributed by atoms with Crippen molar-refractivity contribution in [1.82, 2.24) is 15.0 Å². The van der Waals surface area contributed by atoms with Gasteiger partial charge in [-0.3, -0.25) is 4.79 Å². The fourth-order valence-electron chi connectivity index (χ4n) is 2.14. The molecule has 1 aromatic rings. The maximum absolute atomic E-state index is 10.5. The van der Waals surface area contributed by atoms with Gasteiger partial charge in [-0.2, -0.15) is 4.98 Å². The van der Waals surface area contributed by atoms with Crippen LogP contribution >= 0.6 is 0 Å². The minimum atomic E-state index is -0.944. The van der Waals surface area contributed by atoms with E-state index in [9.17, 15) is 4.79 Å². The molecule has 1 aromatic heterocycles. The van der Waals surface area contributed by atoms with Crippen LogP contribution in [0, 0.1) is 0 Å². The summed E-state index contributed by atoms with van der Waals surface area (Å²) in [5, 5.41) is 12.5. The van der Waals surface area contributed by atoms with Crippen LogP contribution in [0.25, 0.3) is 0 Å². The number of likely N-dealkylation sites (tertiary alicyclic amines) is 1. The lowest BCUT2D eigenvalue weighted by molar-refractivity contribution is -0.136. The summed E-state index contributed by atoms with van der Waals surface area (Å²) in [6, 6.07) is 0. The molecule has 1 fully saturated rings. The summed E-state index contributed by atoms with van der Waals surface area (Å²) in [6.45, 7) is 5.32. The standard InChI is InChI=1S/C11H17N3O3/c1-2-14-5-3-8(4-6-14)11-12-9(17-13-11)7-10(15)16/h8H,2-7H2,1H3,(H,15,16). The molecule has 0 unspecified atom stereocenters. The lowest BCUT2D eigenvalue weighted by atomic mass is 9.96. The van der Waals surface area contributed by atoms with Crippen LogP contribution in [0.5, 0.6) is 0 Å². The number of carboxylic acid groups (broad SMARTS) is 1. The van der Waals surface area contributed by atoms with Crippen molar-refractivity contribution in [3.63, 3.8) is 0 Å². The van der Waals surface area contributed by atoms with E-state index >= 15 is 0 Å². The van der Waals surface area contributed by atoms with Crippen LogP contribution in [0.3, 0.4) is 0 Å². The van der Waals surface area contributed by atoms with Gasteiger partial charge >= 0.3 is 5.97 Å². The SMILES string of the molecule is CCN1CCC(c2noc(CC(=O)O)n2)CC1. The van der Waals surface area contributed by atoms with Crippen molar-refractivity contribution in [2.24, 2.45) is 0 Å². The Morgan fingerprint density at radius 3 is 2.82 bits per heavy atom. The first kappa shape index (κ1) is 12.0. The van der Waals surface area contributed by atoms with Crippen LogP contribution in [0.1, 0.15) is 37.4 Å². The van der Waals surface area contributed by atoms with E-state index in [1.165, 1.54) is 0 Å². The van der Waals surface area contributed by atoms with Gasteiger partial charge in [0, 0.05) is 5.92 Å². The number of piperidine rings is 1. The Kier molecular flexibility index (Phi) is 3.73. The van der Waals surface area contributed by atoms with Crippen molar-refractivity contribution in [1.29, 1.82) is 0 Å². The summed E-state index contributed by atoms with van der Waals surface area (Å²) in [5.41, 5.74) is 0. The monoisotopic (exact) mass is 239 g/mol. The second-order valence-electron chi connectivity index (χ2n) is 4.33. The molecule has 1 aliphatic rings. The predicted octanol–water partition coefficient (Wildman–Crippen LogP) is 0.896. The minimum absolute atomic E-state index is 0.194. The Bertz CT molecular complexity index is 383. The van der Waals surface area contributed by atoms with Crippen LogP contribution in [0.2, 0.25) is 0 Å². The van der Waals surface area contributed by atoms with Gasteiger partial charge in [0.2, 0.25) is 5.89 Å². The quantitative estimate of drug-likeness (QED) is 0.840. The van der Waals surface area contributed by atoms with Gasteiger partial charge in [0.1, 0.15) is 6.42 Å². The van der Waals surface area contributed by atoms with E-state index in [1.807, 2.05) is 0 Å². The Morgan fingerprint density at radius 2 is 2.24 bits per heavy atom. The molecule has 0 radical (unpaired) electrons. The molecule has 0 spiro atoms. The highest BCUT2D eigenvalue weighted by atomic mass is 16.5. The maximum Gasteiger partial charge on any atom is 0.312 e. The topological polar surface area (TPSA) is 79.5 Å². The Labute approximate surface area is 99.6 Å². The third-order valence-electron chi connectivity index (χ3n) is 3.19. The zero-order chi connectivity index (χ0) is 12.3. The van der Waals surface area contributed by atoms with Gasteiger partial charge in [-0.25, -0.2) is 0 Å². The molecule has 1 N–H and O–H groups in total. The second-order valence-corrected chi connectivity index (χ2v) is 4.33. The normalized spacial score (nSPS) is 18.4. The molecule has 6 heteroatoms. The molecule has 2 rings (SSSR count). The van der Waals surface area contributed by atoms with Crippen molar-refractivity contribution >= 4 is 5.97 Å². The zero-order valence-electron chi connectivity index (χ0n) is 9.93. The molecule has 0 aliphatic carbocycles.